The van der Waals surface area contributed by atoms with Gasteiger partial charge in [-0.3, -0.25) is 4.98 Å². The van der Waals surface area contributed by atoms with E-state index >= 15 is 0 Å². The van der Waals surface area contributed by atoms with Crippen molar-refractivity contribution in [3.8, 4) is 0 Å². The van der Waals surface area contributed by atoms with Gasteiger partial charge in [-0.15, -0.1) is 0 Å². The number of aromatic nitrogens is 2. The first-order valence-electron chi connectivity index (χ1n) is 10.0. The van der Waals surface area contributed by atoms with Crippen molar-refractivity contribution in [3.05, 3.63) is 84.3 Å². The molecule has 0 N–H and O–H groups in total. The van der Waals surface area contributed by atoms with Gasteiger partial charge in [0.2, 0.25) is 0 Å². The fourth-order valence-corrected chi connectivity index (χ4v) is 4.03. The second-order valence-electron chi connectivity index (χ2n) is 9.47. The normalized spacial score (nSPS) is 12.6. The molecule has 0 amide bonds. The lowest BCUT2D eigenvalue weighted by Crippen LogP contribution is -2.42. The van der Waals surface area contributed by atoms with Crippen molar-refractivity contribution in [3.63, 3.8) is 0 Å². The minimum Gasteiger partial charge on any atom is -0.256 e. The summed E-state index contributed by atoms with van der Waals surface area (Å²) in [5.74, 6) is 0. The van der Waals surface area contributed by atoms with Crippen molar-refractivity contribution in [1.82, 2.24) is 4.98 Å². The molecule has 2 heterocycles. The molecule has 0 unspecified atom stereocenters. The number of hydrogen-bond acceptors (Lipinski definition) is 1. The number of hydrogen-bond donors (Lipinski definition) is 0. The standard InChI is InChI=1S/C26H29N2/c1-25(2,3)21-12-11-20-17-28(15-13-19(20)16-21)18-26(4,5)23-9-6-10-24-22(23)8-7-14-27-24/h6-17H,18H2,1-5H3/q+1. The van der Waals surface area contributed by atoms with Crippen LogP contribution in [0.25, 0.3) is 21.7 Å². The molecule has 0 saturated carbocycles. The minimum atomic E-state index is -0.00770. The monoisotopic (exact) mass is 369 g/mol. The van der Waals surface area contributed by atoms with Gasteiger partial charge in [0, 0.05) is 28.5 Å². The Morgan fingerprint density at radius 1 is 0.857 bits per heavy atom. The summed E-state index contributed by atoms with van der Waals surface area (Å²) in [6, 6.07) is 19.7. The van der Waals surface area contributed by atoms with E-state index in [0.29, 0.717) is 0 Å². The molecule has 2 aromatic carbocycles. The maximum absolute atomic E-state index is 4.52. The van der Waals surface area contributed by atoms with Gasteiger partial charge < -0.3 is 0 Å². The molecule has 0 aliphatic carbocycles. The van der Waals surface area contributed by atoms with Crippen LogP contribution in [0.4, 0.5) is 0 Å². The summed E-state index contributed by atoms with van der Waals surface area (Å²) in [6.45, 7) is 12.3. The number of benzene rings is 2. The second-order valence-corrected chi connectivity index (χ2v) is 9.47. The van der Waals surface area contributed by atoms with E-state index in [-0.39, 0.29) is 10.8 Å². The fraction of sp³-hybridized carbons (Fsp3) is 0.308. The van der Waals surface area contributed by atoms with Crippen molar-refractivity contribution in [2.45, 2.75) is 52.0 Å². The molecule has 4 rings (SSSR count). The highest BCUT2D eigenvalue weighted by Gasteiger charge is 2.28. The van der Waals surface area contributed by atoms with Crippen molar-refractivity contribution < 1.29 is 4.57 Å². The quantitative estimate of drug-likeness (QED) is 0.408. The van der Waals surface area contributed by atoms with Crippen LogP contribution in [-0.4, -0.2) is 4.98 Å². The average Bonchev–Trinajstić information content (AvgIpc) is 2.66. The molecule has 0 saturated heterocycles. The van der Waals surface area contributed by atoms with Gasteiger partial charge in [-0.2, -0.15) is 0 Å². The molecule has 2 aromatic heterocycles. The summed E-state index contributed by atoms with van der Waals surface area (Å²) in [4.78, 5) is 4.52. The number of rotatable bonds is 3. The summed E-state index contributed by atoms with van der Waals surface area (Å²) < 4.78 is 2.31. The van der Waals surface area contributed by atoms with E-state index in [1.807, 2.05) is 12.3 Å². The summed E-state index contributed by atoms with van der Waals surface area (Å²) in [5, 5.41) is 3.83. The Morgan fingerprint density at radius 3 is 2.46 bits per heavy atom. The Labute approximate surface area is 167 Å². The van der Waals surface area contributed by atoms with Crippen LogP contribution in [0, 0.1) is 0 Å². The molecule has 0 aliphatic rings. The predicted octanol–water partition coefficient (Wildman–Crippen LogP) is 5.95. The highest BCUT2D eigenvalue weighted by Crippen LogP contribution is 2.30. The molecular formula is C26H29N2+. The molecular weight excluding hydrogens is 340 g/mol. The third kappa shape index (κ3) is 3.52. The Hall–Kier alpha value is -2.74. The van der Waals surface area contributed by atoms with Gasteiger partial charge in [0.1, 0.15) is 0 Å². The maximum Gasteiger partial charge on any atom is 0.176 e. The van der Waals surface area contributed by atoms with Crippen molar-refractivity contribution >= 4 is 21.7 Å². The lowest BCUT2D eigenvalue weighted by Gasteiger charge is -2.23. The van der Waals surface area contributed by atoms with E-state index in [2.05, 4.69) is 105 Å². The minimum absolute atomic E-state index is 0.00770. The molecule has 0 aliphatic heterocycles. The van der Waals surface area contributed by atoms with E-state index in [1.165, 1.54) is 27.3 Å². The molecule has 0 fully saturated rings. The molecule has 28 heavy (non-hydrogen) atoms. The molecule has 142 valence electrons. The summed E-state index contributed by atoms with van der Waals surface area (Å²) >= 11 is 0. The Morgan fingerprint density at radius 2 is 1.68 bits per heavy atom. The van der Waals surface area contributed by atoms with E-state index in [1.54, 1.807) is 0 Å². The van der Waals surface area contributed by atoms with Gasteiger partial charge in [0.15, 0.2) is 18.9 Å². The first kappa shape index (κ1) is 18.6. The topological polar surface area (TPSA) is 16.8 Å². The van der Waals surface area contributed by atoms with E-state index < -0.39 is 0 Å². The van der Waals surface area contributed by atoms with Crippen LogP contribution in [0.15, 0.2) is 73.2 Å². The smallest absolute Gasteiger partial charge is 0.176 e. The fourth-order valence-electron chi connectivity index (χ4n) is 4.03. The molecule has 0 spiro atoms. The van der Waals surface area contributed by atoms with Crippen LogP contribution in [0.5, 0.6) is 0 Å². The Bertz CT molecular complexity index is 1140. The van der Waals surface area contributed by atoms with Gasteiger partial charge >= 0.3 is 0 Å². The van der Waals surface area contributed by atoms with Gasteiger partial charge in [0.25, 0.3) is 0 Å². The zero-order valence-corrected chi connectivity index (χ0v) is 17.5. The van der Waals surface area contributed by atoms with Crippen LogP contribution in [-0.2, 0) is 17.4 Å². The third-order valence-electron chi connectivity index (χ3n) is 5.66. The maximum atomic E-state index is 4.52. The van der Waals surface area contributed by atoms with Crippen molar-refractivity contribution in [2.24, 2.45) is 0 Å². The van der Waals surface area contributed by atoms with Gasteiger partial charge in [0.05, 0.1) is 5.52 Å². The molecule has 0 atom stereocenters. The summed E-state index contributed by atoms with van der Waals surface area (Å²) in [5.41, 5.74) is 3.94. The van der Waals surface area contributed by atoms with Gasteiger partial charge in [-0.25, -0.2) is 4.57 Å². The molecule has 0 bridgehead atoms. The van der Waals surface area contributed by atoms with Crippen LogP contribution in [0.1, 0.15) is 45.7 Å². The summed E-state index contributed by atoms with van der Waals surface area (Å²) in [6.07, 6.45) is 6.34. The highest BCUT2D eigenvalue weighted by molar-refractivity contribution is 5.83. The average molecular weight is 370 g/mol. The Kier molecular flexibility index (Phi) is 4.45. The molecule has 2 heteroatoms. The second kappa shape index (κ2) is 6.70. The lowest BCUT2D eigenvalue weighted by molar-refractivity contribution is -0.703. The zero-order chi connectivity index (χ0) is 19.9. The predicted molar refractivity (Wildman–Crippen MR) is 118 cm³/mol. The number of fused-ring (bicyclic) bond motifs is 2. The van der Waals surface area contributed by atoms with Crippen LogP contribution in [0.2, 0.25) is 0 Å². The van der Waals surface area contributed by atoms with E-state index in [9.17, 15) is 0 Å². The van der Waals surface area contributed by atoms with Crippen LogP contribution >= 0.6 is 0 Å². The van der Waals surface area contributed by atoms with Crippen molar-refractivity contribution in [2.75, 3.05) is 0 Å². The van der Waals surface area contributed by atoms with Crippen molar-refractivity contribution in [1.29, 1.82) is 0 Å². The van der Waals surface area contributed by atoms with Crippen LogP contribution in [0.3, 0.4) is 0 Å². The largest absolute Gasteiger partial charge is 0.256 e. The number of pyridine rings is 2. The van der Waals surface area contributed by atoms with E-state index in [0.717, 1.165) is 12.1 Å². The zero-order valence-electron chi connectivity index (χ0n) is 17.5. The van der Waals surface area contributed by atoms with Crippen LogP contribution < -0.4 is 4.57 Å². The highest BCUT2D eigenvalue weighted by atomic mass is 14.9. The Balaban J connectivity index is 1.70. The molecule has 2 nitrogen and oxygen atoms in total. The SMILES string of the molecule is CC(C)(C)c1ccc2c[n+](CC(C)(C)c3cccc4ncccc34)ccc2c1. The van der Waals surface area contributed by atoms with Gasteiger partial charge in [-0.05, 0) is 54.0 Å². The first-order chi connectivity index (χ1) is 13.2. The number of nitrogens with zero attached hydrogens (tertiary/aromatic N) is 2. The molecule has 0 radical (unpaired) electrons. The first-order valence-corrected chi connectivity index (χ1v) is 10.0. The molecule has 4 aromatic rings. The summed E-state index contributed by atoms with van der Waals surface area (Å²) in [7, 11) is 0. The lowest BCUT2D eigenvalue weighted by atomic mass is 9.82. The third-order valence-corrected chi connectivity index (χ3v) is 5.66. The van der Waals surface area contributed by atoms with Gasteiger partial charge in [-0.1, -0.05) is 51.1 Å². The van der Waals surface area contributed by atoms with E-state index in [4.69, 9.17) is 0 Å².